The minimum Gasteiger partial charge on any atom is -0.444 e. The Kier molecular flexibility index (Phi) is 6.48. The van der Waals surface area contributed by atoms with E-state index in [0.29, 0.717) is 50.5 Å². The molecule has 0 saturated carbocycles. The van der Waals surface area contributed by atoms with E-state index in [1.54, 1.807) is 9.80 Å². The highest BCUT2D eigenvalue weighted by atomic mass is 19.4. The fraction of sp³-hybridized carbons (Fsp3) is 0.652. The lowest BCUT2D eigenvalue weighted by Gasteiger charge is -2.37. The normalized spacial score (nSPS) is 20.6. The summed E-state index contributed by atoms with van der Waals surface area (Å²) in [5, 5.41) is 8.18. The summed E-state index contributed by atoms with van der Waals surface area (Å²) in [7, 11) is 0. The number of carbonyl (C=O) groups is 2. The van der Waals surface area contributed by atoms with Gasteiger partial charge >= 0.3 is 12.3 Å². The van der Waals surface area contributed by atoms with Gasteiger partial charge in [0.2, 0.25) is 5.91 Å². The number of ether oxygens (including phenoxy) is 1. The van der Waals surface area contributed by atoms with E-state index in [1.165, 1.54) is 10.5 Å². The van der Waals surface area contributed by atoms with Gasteiger partial charge in [-0.2, -0.15) is 13.2 Å². The molecule has 2 aromatic rings. The van der Waals surface area contributed by atoms with Gasteiger partial charge in [-0.05, 0) is 58.6 Å². The smallest absolute Gasteiger partial charge is 0.417 e. The number of hydrogen-bond donors (Lipinski definition) is 0. The lowest BCUT2D eigenvalue weighted by atomic mass is 9.92. The molecule has 1 unspecified atom stereocenters. The molecule has 4 rings (SSSR count). The zero-order valence-electron chi connectivity index (χ0n) is 19.6. The first-order valence-electron chi connectivity index (χ1n) is 11.6. The molecule has 0 N–H and O–H groups in total. The number of hydrogen-bond acceptors (Lipinski definition) is 5. The van der Waals surface area contributed by atoms with Crippen molar-refractivity contribution in [2.24, 2.45) is 5.92 Å². The molecule has 2 saturated heterocycles. The second-order valence-electron chi connectivity index (χ2n) is 10.1. The van der Waals surface area contributed by atoms with Crippen LogP contribution >= 0.6 is 0 Å². The van der Waals surface area contributed by atoms with Crippen molar-refractivity contribution in [3.63, 3.8) is 0 Å². The first-order valence-corrected chi connectivity index (χ1v) is 11.6. The standard InChI is InChI=1S/C23H30F3N5O3/c1-22(2,3)34-21(33)29-11-8-15(9-12-29)20(32)30-10-4-5-16(13-30)19-28-27-18-7-6-17(14-31(18)19)23(24,25)26/h6-7,14-16H,4-5,8-13H2,1-3H3. The van der Waals surface area contributed by atoms with E-state index in [0.717, 1.165) is 25.1 Å². The van der Waals surface area contributed by atoms with E-state index in [9.17, 15) is 22.8 Å². The summed E-state index contributed by atoms with van der Waals surface area (Å²) in [5.74, 6) is 0.0825. The van der Waals surface area contributed by atoms with Crippen molar-refractivity contribution in [1.82, 2.24) is 24.4 Å². The van der Waals surface area contributed by atoms with Crippen LogP contribution in [-0.4, -0.2) is 68.2 Å². The van der Waals surface area contributed by atoms with Crippen molar-refractivity contribution in [1.29, 1.82) is 0 Å². The average Bonchev–Trinajstić information content (AvgIpc) is 3.20. The lowest BCUT2D eigenvalue weighted by molar-refractivity contribution is -0.138. The van der Waals surface area contributed by atoms with E-state index < -0.39 is 17.3 Å². The lowest BCUT2D eigenvalue weighted by Crippen LogP contribution is -2.47. The van der Waals surface area contributed by atoms with Crippen LogP contribution in [0.2, 0.25) is 0 Å². The number of likely N-dealkylation sites (tertiary alicyclic amines) is 2. The van der Waals surface area contributed by atoms with Crippen molar-refractivity contribution in [2.75, 3.05) is 26.2 Å². The Hall–Kier alpha value is -2.85. The van der Waals surface area contributed by atoms with Crippen molar-refractivity contribution in [3.05, 3.63) is 29.7 Å². The van der Waals surface area contributed by atoms with Gasteiger partial charge in [0.15, 0.2) is 5.65 Å². The fourth-order valence-corrected chi connectivity index (χ4v) is 4.64. The number of rotatable bonds is 2. The molecule has 0 aromatic carbocycles. The van der Waals surface area contributed by atoms with E-state index in [1.807, 2.05) is 20.8 Å². The molecule has 1 atom stereocenters. The first kappa shape index (κ1) is 24.3. The molecule has 2 aliphatic rings. The van der Waals surface area contributed by atoms with Crippen LogP contribution in [0.1, 0.15) is 63.8 Å². The average molecular weight is 482 g/mol. The summed E-state index contributed by atoms with van der Waals surface area (Å²) in [6, 6.07) is 2.30. The Morgan fingerprint density at radius 1 is 1.00 bits per heavy atom. The van der Waals surface area contributed by atoms with Crippen molar-refractivity contribution in [3.8, 4) is 0 Å². The number of aromatic nitrogens is 3. The third-order valence-corrected chi connectivity index (χ3v) is 6.35. The van der Waals surface area contributed by atoms with Crippen LogP contribution in [0.5, 0.6) is 0 Å². The predicted octanol–water partition coefficient (Wildman–Crippen LogP) is 4.10. The van der Waals surface area contributed by atoms with Gasteiger partial charge in [0.05, 0.1) is 5.56 Å². The highest BCUT2D eigenvalue weighted by Crippen LogP contribution is 2.32. The van der Waals surface area contributed by atoms with Crippen LogP contribution in [0.4, 0.5) is 18.0 Å². The van der Waals surface area contributed by atoms with Gasteiger partial charge in [0, 0.05) is 44.2 Å². The Balaban J connectivity index is 1.41. The third kappa shape index (κ3) is 5.28. The van der Waals surface area contributed by atoms with Crippen LogP contribution in [0.25, 0.3) is 5.65 Å². The topological polar surface area (TPSA) is 80.0 Å². The minimum atomic E-state index is -4.46. The molecule has 2 amide bonds. The maximum absolute atomic E-state index is 13.2. The number of amides is 2. The van der Waals surface area contributed by atoms with Gasteiger partial charge in [-0.1, -0.05) is 0 Å². The Morgan fingerprint density at radius 3 is 2.35 bits per heavy atom. The molecule has 11 heteroatoms. The molecule has 4 heterocycles. The predicted molar refractivity (Wildman–Crippen MR) is 117 cm³/mol. The number of carbonyl (C=O) groups excluding carboxylic acids is 2. The van der Waals surface area contributed by atoms with Crippen LogP contribution in [0, 0.1) is 5.92 Å². The Morgan fingerprint density at radius 2 is 1.71 bits per heavy atom. The Labute approximate surface area is 196 Å². The van der Waals surface area contributed by atoms with Gasteiger partial charge < -0.3 is 14.5 Å². The summed E-state index contributed by atoms with van der Waals surface area (Å²) >= 11 is 0. The summed E-state index contributed by atoms with van der Waals surface area (Å²) in [5.41, 5.74) is -0.984. The number of pyridine rings is 1. The van der Waals surface area contributed by atoms with Gasteiger partial charge in [0.1, 0.15) is 11.4 Å². The second-order valence-corrected chi connectivity index (χ2v) is 10.1. The highest BCUT2D eigenvalue weighted by molar-refractivity contribution is 5.79. The molecule has 2 aliphatic heterocycles. The molecule has 186 valence electrons. The maximum Gasteiger partial charge on any atom is 0.417 e. The minimum absolute atomic E-state index is 0.0262. The number of alkyl halides is 3. The van der Waals surface area contributed by atoms with E-state index in [4.69, 9.17) is 4.74 Å². The Bertz CT molecular complexity index is 1050. The number of nitrogens with zero attached hydrogens (tertiary/aromatic N) is 5. The van der Waals surface area contributed by atoms with Crippen molar-refractivity contribution < 1.29 is 27.5 Å². The monoisotopic (exact) mass is 481 g/mol. The molecule has 2 fully saturated rings. The molecule has 0 radical (unpaired) electrons. The first-order chi connectivity index (χ1) is 15.9. The molecular weight excluding hydrogens is 451 g/mol. The number of piperidine rings is 2. The van der Waals surface area contributed by atoms with Crippen LogP contribution in [0.15, 0.2) is 18.3 Å². The second kappa shape index (κ2) is 9.07. The number of fused-ring (bicyclic) bond motifs is 1. The molecule has 0 bridgehead atoms. The molecule has 0 spiro atoms. The van der Waals surface area contributed by atoms with E-state index >= 15 is 0 Å². The molecule has 34 heavy (non-hydrogen) atoms. The molecule has 8 nitrogen and oxygen atoms in total. The molecule has 2 aromatic heterocycles. The van der Waals surface area contributed by atoms with Gasteiger partial charge in [-0.25, -0.2) is 4.79 Å². The van der Waals surface area contributed by atoms with Crippen LogP contribution < -0.4 is 0 Å². The van der Waals surface area contributed by atoms with E-state index in [2.05, 4.69) is 10.2 Å². The molecule has 0 aliphatic carbocycles. The van der Waals surface area contributed by atoms with Crippen LogP contribution in [-0.2, 0) is 15.7 Å². The number of halogens is 3. The van der Waals surface area contributed by atoms with Crippen molar-refractivity contribution >= 4 is 17.6 Å². The van der Waals surface area contributed by atoms with E-state index in [-0.39, 0.29) is 23.8 Å². The van der Waals surface area contributed by atoms with Gasteiger partial charge in [-0.15, -0.1) is 10.2 Å². The SMILES string of the molecule is CC(C)(C)OC(=O)N1CCC(C(=O)N2CCCC(c3nnc4ccc(C(F)(F)F)cn34)C2)CC1. The zero-order valence-corrected chi connectivity index (χ0v) is 19.6. The quantitative estimate of drug-likeness (QED) is 0.645. The fourth-order valence-electron chi connectivity index (χ4n) is 4.64. The summed E-state index contributed by atoms with van der Waals surface area (Å²) in [4.78, 5) is 28.9. The summed E-state index contributed by atoms with van der Waals surface area (Å²) < 4.78 is 46.4. The van der Waals surface area contributed by atoms with Crippen LogP contribution in [0.3, 0.4) is 0 Å². The van der Waals surface area contributed by atoms with Gasteiger partial charge in [-0.3, -0.25) is 9.20 Å². The maximum atomic E-state index is 13.2. The van der Waals surface area contributed by atoms with Crippen molar-refractivity contribution in [2.45, 2.75) is 64.1 Å². The summed E-state index contributed by atoms with van der Waals surface area (Å²) in [6.07, 6.45) is -1.23. The largest absolute Gasteiger partial charge is 0.444 e. The van der Waals surface area contributed by atoms with Gasteiger partial charge in [0.25, 0.3) is 0 Å². The molecular formula is C23H30F3N5O3. The zero-order chi connectivity index (χ0) is 24.7. The summed E-state index contributed by atoms with van der Waals surface area (Å²) in [6.45, 7) is 7.35. The highest BCUT2D eigenvalue weighted by Gasteiger charge is 2.36. The third-order valence-electron chi connectivity index (χ3n) is 6.35.